The van der Waals surface area contributed by atoms with Gasteiger partial charge in [-0.15, -0.1) is 0 Å². The number of primary sulfonamides is 1. The van der Waals surface area contributed by atoms with Crippen LogP contribution in [0.15, 0.2) is 84.0 Å². The lowest BCUT2D eigenvalue weighted by molar-refractivity contribution is -0.128. The van der Waals surface area contributed by atoms with Crippen LogP contribution in [-0.4, -0.2) is 134 Å². The number of benzene rings is 3. The fourth-order valence-corrected chi connectivity index (χ4v) is 8.59. The predicted molar refractivity (Wildman–Crippen MR) is 217 cm³/mol. The van der Waals surface area contributed by atoms with Gasteiger partial charge >= 0.3 is 12.1 Å². The fourth-order valence-electron chi connectivity index (χ4n) is 8.07. The van der Waals surface area contributed by atoms with E-state index < -0.39 is 52.3 Å². The molecule has 9 N–H and O–H groups in total. The number of carbonyl (C=O) groups excluding carboxylic acids is 3. The Morgan fingerprint density at radius 2 is 1.55 bits per heavy atom. The minimum Gasteiger partial charge on any atom is -0.508 e. The van der Waals surface area contributed by atoms with E-state index in [0.717, 1.165) is 16.0 Å². The van der Waals surface area contributed by atoms with Gasteiger partial charge in [0.15, 0.2) is 17.0 Å². The van der Waals surface area contributed by atoms with E-state index in [1.54, 1.807) is 53.1 Å². The van der Waals surface area contributed by atoms with Gasteiger partial charge in [-0.25, -0.2) is 28.1 Å². The van der Waals surface area contributed by atoms with E-state index in [9.17, 15) is 43.2 Å². The number of rotatable bonds is 11. The van der Waals surface area contributed by atoms with Crippen molar-refractivity contribution in [1.82, 2.24) is 34.6 Å². The largest absolute Gasteiger partial charge is 0.508 e. The van der Waals surface area contributed by atoms with Crippen LogP contribution in [0, 0.1) is 0 Å². The van der Waals surface area contributed by atoms with Crippen molar-refractivity contribution < 1.29 is 43.2 Å². The number of phenolic OH excluding ortho intramolecular Hbond substituents is 2. The Hall–Kier alpha value is -6.55. The molecule has 314 valence electrons. The van der Waals surface area contributed by atoms with Gasteiger partial charge in [0.2, 0.25) is 16.0 Å². The van der Waals surface area contributed by atoms with Crippen LogP contribution in [0.2, 0.25) is 0 Å². The van der Waals surface area contributed by atoms with Crippen LogP contribution < -0.4 is 26.0 Å². The SMILES string of the molecule is CN1CC(=O)N([C@H]2C[C@@H](n3cnc4c(NCC(c5ccc(O)cc5)c5ccc(O)cc5)nc(N5CCC(NC(=O)Nc6ccc(S(N)(=O)=O)cc6)C5)nc43)C(O)[C@@H]2O)C1=O. The topological polar surface area (TPSA) is 282 Å². The smallest absolute Gasteiger partial charge is 0.327 e. The molecule has 3 aliphatic rings. The highest BCUT2D eigenvalue weighted by Gasteiger charge is 2.51. The lowest BCUT2D eigenvalue weighted by atomic mass is 9.91. The van der Waals surface area contributed by atoms with Gasteiger partial charge in [-0.05, 0) is 72.5 Å². The number of urea groups is 2. The normalized spacial score (nSPS) is 22.0. The monoisotopic (exact) mass is 841 g/mol. The third-order valence-electron chi connectivity index (χ3n) is 11.2. The Kier molecular flexibility index (Phi) is 10.7. The Morgan fingerprint density at radius 1 is 0.917 bits per heavy atom. The van der Waals surface area contributed by atoms with Crippen LogP contribution in [0.1, 0.15) is 35.9 Å². The quantitative estimate of drug-likeness (QED) is 0.0875. The average Bonchev–Trinajstić information content (AvgIpc) is 3.98. The Morgan fingerprint density at radius 3 is 2.15 bits per heavy atom. The maximum Gasteiger partial charge on any atom is 0.327 e. The first-order valence-corrected chi connectivity index (χ1v) is 20.6. The third-order valence-corrected chi connectivity index (χ3v) is 12.1. The van der Waals surface area contributed by atoms with Gasteiger partial charge in [0, 0.05) is 44.3 Å². The number of nitrogens with zero attached hydrogens (tertiary/aromatic N) is 7. The second-order valence-electron chi connectivity index (χ2n) is 15.2. The second-order valence-corrected chi connectivity index (χ2v) is 16.7. The van der Waals surface area contributed by atoms with Crippen molar-refractivity contribution in [3.63, 3.8) is 0 Å². The van der Waals surface area contributed by atoms with Gasteiger partial charge < -0.3 is 50.7 Å². The highest BCUT2D eigenvalue weighted by molar-refractivity contribution is 7.89. The number of aliphatic hydroxyl groups is 2. The van der Waals surface area contributed by atoms with Crippen molar-refractivity contribution >= 4 is 56.6 Å². The summed E-state index contributed by atoms with van der Waals surface area (Å²) in [7, 11) is -2.41. The first-order chi connectivity index (χ1) is 28.6. The molecule has 4 heterocycles. The first kappa shape index (κ1) is 40.2. The lowest BCUT2D eigenvalue weighted by Gasteiger charge is -2.24. The van der Waals surface area contributed by atoms with Crippen molar-refractivity contribution in [3.05, 3.63) is 90.3 Å². The number of hydrogen-bond acceptors (Lipinski definition) is 14. The molecule has 5 aromatic rings. The second kappa shape index (κ2) is 15.9. The number of imidazole rings is 1. The van der Waals surface area contributed by atoms with E-state index in [2.05, 4.69) is 20.9 Å². The molecule has 20 nitrogen and oxygen atoms in total. The molecule has 2 saturated heterocycles. The summed E-state index contributed by atoms with van der Waals surface area (Å²) in [6.45, 7) is 0.881. The molecule has 0 radical (unpaired) electrons. The number of aliphatic hydroxyl groups excluding tert-OH is 2. The average molecular weight is 842 g/mol. The molecule has 0 bridgehead atoms. The molecular weight excluding hydrogens is 799 g/mol. The number of anilines is 3. The number of imide groups is 1. The Bertz CT molecular complexity index is 2490. The van der Waals surface area contributed by atoms with E-state index >= 15 is 0 Å². The molecule has 60 heavy (non-hydrogen) atoms. The van der Waals surface area contributed by atoms with Crippen LogP contribution >= 0.6 is 0 Å². The molecule has 1 saturated carbocycles. The van der Waals surface area contributed by atoms with Crippen molar-refractivity contribution in [1.29, 1.82) is 0 Å². The Labute approximate surface area is 343 Å². The Balaban J connectivity index is 1.09. The molecule has 3 aromatic carbocycles. The molecule has 8 rings (SSSR count). The summed E-state index contributed by atoms with van der Waals surface area (Å²) in [4.78, 5) is 57.2. The maximum atomic E-state index is 13.0. The fraction of sp³-hybridized carbons (Fsp3) is 0.333. The summed E-state index contributed by atoms with van der Waals surface area (Å²) in [5.41, 5.74) is 2.73. The van der Waals surface area contributed by atoms with E-state index in [4.69, 9.17) is 15.1 Å². The van der Waals surface area contributed by atoms with E-state index in [0.29, 0.717) is 42.2 Å². The van der Waals surface area contributed by atoms with Crippen LogP contribution in [0.25, 0.3) is 11.2 Å². The summed E-state index contributed by atoms with van der Waals surface area (Å²) in [5.74, 6) is 0.0452. The zero-order chi connectivity index (χ0) is 42.5. The number of nitrogens with one attached hydrogen (secondary N) is 3. The maximum absolute atomic E-state index is 13.0. The van der Waals surface area contributed by atoms with E-state index in [-0.39, 0.29) is 53.8 Å². The number of sulfonamides is 1. The molecular formula is C39H43N11O9S. The standard InChI is InChI=1S/C39H43N11O9S/c1-47-19-31(53)50(39(47)57)30-16-29(33(54)34(30)55)49-20-42-32-35(41-17-28(21-2-8-25(51)9-3-21)22-4-10-26(52)11-5-22)45-37(46-36(32)49)48-15-14-24(18-48)44-38(56)43-23-6-12-27(13-7-23)60(40,58)59/h2-13,20,24,28-30,33-34,51-52,54-55H,14-19H2,1H3,(H2,40,58,59)(H,41,45,46)(H2,43,44,56)/t24?,29-,30+,33?,34-/m1/s1. The summed E-state index contributed by atoms with van der Waals surface area (Å²) < 4.78 is 24.9. The number of likely N-dealkylation sites (N-methyl/N-ethyl adjacent to an activating group) is 1. The number of aromatic nitrogens is 4. The summed E-state index contributed by atoms with van der Waals surface area (Å²) in [5, 5.41) is 56.9. The highest BCUT2D eigenvalue weighted by atomic mass is 32.2. The molecule has 21 heteroatoms. The van der Waals surface area contributed by atoms with Crippen molar-refractivity contribution in [3.8, 4) is 11.5 Å². The van der Waals surface area contributed by atoms with Gasteiger partial charge in [0.1, 0.15) is 30.3 Å². The third kappa shape index (κ3) is 7.94. The number of aromatic hydroxyl groups is 2. The van der Waals surface area contributed by atoms with Gasteiger partial charge in [-0.2, -0.15) is 9.97 Å². The van der Waals surface area contributed by atoms with E-state index in [1.165, 1.54) is 42.5 Å². The van der Waals surface area contributed by atoms with Crippen molar-refractivity contribution in [2.24, 2.45) is 5.14 Å². The molecule has 2 aromatic heterocycles. The zero-order valence-corrected chi connectivity index (χ0v) is 33.0. The molecule has 3 fully saturated rings. The lowest BCUT2D eigenvalue weighted by Crippen LogP contribution is -2.47. The summed E-state index contributed by atoms with van der Waals surface area (Å²) in [6.07, 6.45) is -0.808. The minimum atomic E-state index is -3.90. The van der Waals surface area contributed by atoms with Crippen LogP contribution in [0.4, 0.5) is 27.0 Å². The van der Waals surface area contributed by atoms with Gasteiger partial charge in [0.25, 0.3) is 5.91 Å². The van der Waals surface area contributed by atoms with Crippen molar-refractivity contribution in [2.75, 3.05) is 48.8 Å². The number of phenols is 2. The van der Waals surface area contributed by atoms with Gasteiger partial charge in [-0.1, -0.05) is 24.3 Å². The molecule has 5 atom stereocenters. The van der Waals surface area contributed by atoms with Crippen LogP contribution in [0.5, 0.6) is 11.5 Å². The molecule has 2 aliphatic heterocycles. The van der Waals surface area contributed by atoms with Gasteiger partial charge in [-0.3, -0.25) is 9.69 Å². The first-order valence-electron chi connectivity index (χ1n) is 19.1. The highest BCUT2D eigenvalue weighted by Crippen LogP contribution is 2.38. The summed E-state index contributed by atoms with van der Waals surface area (Å²) in [6, 6.07) is 15.7. The molecule has 5 amide bonds. The van der Waals surface area contributed by atoms with Crippen molar-refractivity contribution in [2.45, 2.75) is 54.0 Å². The number of nitrogens with two attached hydrogens (primary N) is 1. The van der Waals surface area contributed by atoms with Gasteiger partial charge in [0.05, 0.1) is 23.3 Å². The number of carbonyl (C=O) groups is 3. The molecule has 0 spiro atoms. The van der Waals surface area contributed by atoms with Crippen LogP contribution in [0.3, 0.4) is 0 Å². The molecule has 1 aliphatic carbocycles. The summed E-state index contributed by atoms with van der Waals surface area (Å²) >= 11 is 0. The van der Waals surface area contributed by atoms with E-state index in [1.807, 2.05) is 4.90 Å². The minimum absolute atomic E-state index is 0.0283. The number of amides is 5. The zero-order valence-electron chi connectivity index (χ0n) is 32.2. The number of hydrogen-bond donors (Lipinski definition) is 8. The van der Waals surface area contributed by atoms with Crippen LogP contribution in [-0.2, 0) is 14.8 Å². The number of fused-ring (bicyclic) bond motifs is 1. The predicted octanol–water partition coefficient (Wildman–Crippen LogP) is 1.46. The molecule has 2 unspecified atom stereocenters.